The molecule has 2 amide bonds. The summed E-state index contributed by atoms with van der Waals surface area (Å²) in [5.41, 5.74) is 3.22. The number of anilines is 1. The van der Waals surface area contributed by atoms with Gasteiger partial charge in [0.1, 0.15) is 11.5 Å². The number of methoxy groups -OCH3 is 1. The third-order valence-electron chi connectivity index (χ3n) is 6.41. The summed E-state index contributed by atoms with van der Waals surface area (Å²) in [4.78, 5) is 30.3. The van der Waals surface area contributed by atoms with Gasteiger partial charge in [-0.3, -0.25) is 14.1 Å². The van der Waals surface area contributed by atoms with Gasteiger partial charge >= 0.3 is 6.09 Å². The standard InChI is InChI=1S/C28H26F2N4O5/c1-16-11-17(3-7-21(16)27(35)32-18-4-5-18)25-14-31-26-24(33(28(36)37)9-10-38-2)13-20(15-34(25)26)39-19-6-8-22(29)23(30)12-19/h3,6-8,11-15,18H,4-5,9-10H2,1-2H3,(H,32,35)(H,36,37). The highest BCUT2D eigenvalue weighted by molar-refractivity contribution is 5.97. The van der Waals surface area contributed by atoms with Crippen LogP contribution in [0.15, 0.2) is 54.9 Å². The van der Waals surface area contributed by atoms with Gasteiger partial charge in [-0.1, -0.05) is 6.07 Å². The zero-order valence-corrected chi connectivity index (χ0v) is 21.3. The van der Waals surface area contributed by atoms with Gasteiger partial charge in [0.15, 0.2) is 17.3 Å². The summed E-state index contributed by atoms with van der Waals surface area (Å²) in [7, 11) is 1.46. The lowest BCUT2D eigenvalue weighted by molar-refractivity contribution is 0.0950. The molecule has 9 nitrogen and oxygen atoms in total. The van der Waals surface area contributed by atoms with E-state index in [1.54, 1.807) is 28.9 Å². The van der Waals surface area contributed by atoms with Crippen LogP contribution in [0.25, 0.3) is 16.9 Å². The van der Waals surface area contributed by atoms with Gasteiger partial charge in [0.2, 0.25) is 0 Å². The molecule has 1 aliphatic carbocycles. The number of aryl methyl sites for hydroxylation is 1. The van der Waals surface area contributed by atoms with Crippen LogP contribution in [-0.2, 0) is 4.74 Å². The molecule has 0 atom stereocenters. The van der Waals surface area contributed by atoms with Crippen molar-refractivity contribution in [1.82, 2.24) is 14.7 Å². The summed E-state index contributed by atoms with van der Waals surface area (Å²) in [6.07, 6.45) is 3.92. The Morgan fingerprint density at radius 1 is 1.13 bits per heavy atom. The fraction of sp³-hybridized carbons (Fsp3) is 0.250. The monoisotopic (exact) mass is 536 g/mol. The summed E-state index contributed by atoms with van der Waals surface area (Å²) < 4.78 is 39.8. The van der Waals surface area contributed by atoms with E-state index in [1.807, 2.05) is 13.0 Å². The Bertz CT molecular complexity index is 1570. The second-order valence-electron chi connectivity index (χ2n) is 9.28. The van der Waals surface area contributed by atoms with Gasteiger partial charge in [-0.05, 0) is 49.6 Å². The molecule has 11 heteroatoms. The van der Waals surface area contributed by atoms with Crippen LogP contribution in [-0.4, -0.2) is 52.8 Å². The molecule has 2 aromatic heterocycles. The maximum absolute atomic E-state index is 13.8. The summed E-state index contributed by atoms with van der Waals surface area (Å²) in [6.45, 7) is 1.99. The first-order chi connectivity index (χ1) is 18.7. The van der Waals surface area contributed by atoms with E-state index in [9.17, 15) is 23.5 Å². The number of ether oxygens (including phenoxy) is 2. The average molecular weight is 537 g/mol. The van der Waals surface area contributed by atoms with Crippen LogP contribution in [0.2, 0.25) is 0 Å². The Morgan fingerprint density at radius 3 is 2.59 bits per heavy atom. The van der Waals surface area contributed by atoms with Crippen molar-refractivity contribution in [2.45, 2.75) is 25.8 Å². The lowest BCUT2D eigenvalue weighted by Gasteiger charge is -2.21. The van der Waals surface area contributed by atoms with Crippen LogP contribution >= 0.6 is 0 Å². The molecule has 0 unspecified atom stereocenters. The van der Waals surface area contributed by atoms with Gasteiger partial charge in [0, 0.05) is 36.4 Å². The third kappa shape index (κ3) is 5.53. The minimum absolute atomic E-state index is 0.0161. The molecule has 0 saturated heterocycles. The molecule has 4 aromatic rings. The van der Waals surface area contributed by atoms with Crippen molar-refractivity contribution >= 4 is 23.3 Å². The maximum atomic E-state index is 13.8. The van der Waals surface area contributed by atoms with Crippen molar-refractivity contribution in [1.29, 1.82) is 0 Å². The number of nitrogens with one attached hydrogen (secondary N) is 1. The fourth-order valence-corrected chi connectivity index (χ4v) is 4.26. The quantitative estimate of drug-likeness (QED) is 0.297. The van der Waals surface area contributed by atoms with Gasteiger partial charge in [-0.25, -0.2) is 18.6 Å². The number of fused-ring (bicyclic) bond motifs is 1. The molecule has 5 rings (SSSR count). The average Bonchev–Trinajstić information content (AvgIpc) is 3.61. The molecule has 1 aliphatic rings. The first-order valence-corrected chi connectivity index (χ1v) is 12.3. The van der Waals surface area contributed by atoms with Crippen LogP contribution < -0.4 is 15.0 Å². The normalized spacial score (nSPS) is 12.9. The highest BCUT2D eigenvalue weighted by atomic mass is 19.2. The highest BCUT2D eigenvalue weighted by Crippen LogP contribution is 2.34. The van der Waals surface area contributed by atoms with E-state index >= 15 is 0 Å². The Balaban J connectivity index is 1.59. The molecule has 2 aromatic carbocycles. The van der Waals surface area contributed by atoms with Crippen LogP contribution in [0.3, 0.4) is 0 Å². The van der Waals surface area contributed by atoms with Crippen molar-refractivity contribution in [3.8, 4) is 22.8 Å². The van der Waals surface area contributed by atoms with E-state index < -0.39 is 17.7 Å². The van der Waals surface area contributed by atoms with Crippen LogP contribution in [0, 0.1) is 18.6 Å². The molecule has 0 spiro atoms. The Hall–Kier alpha value is -4.51. The SMILES string of the molecule is COCCN(C(=O)O)c1cc(Oc2ccc(F)c(F)c2)cn2c(-c3ccc(C(=O)NC4CC4)c(C)c3)cnc12. The maximum Gasteiger partial charge on any atom is 0.412 e. The molecule has 0 radical (unpaired) electrons. The molecule has 1 fully saturated rings. The van der Waals surface area contributed by atoms with E-state index in [4.69, 9.17) is 9.47 Å². The van der Waals surface area contributed by atoms with E-state index in [-0.39, 0.29) is 42.3 Å². The van der Waals surface area contributed by atoms with E-state index in [0.29, 0.717) is 16.9 Å². The van der Waals surface area contributed by atoms with E-state index in [1.165, 1.54) is 19.2 Å². The first kappa shape index (κ1) is 26.1. The third-order valence-corrected chi connectivity index (χ3v) is 6.41. The lowest BCUT2D eigenvalue weighted by atomic mass is 10.0. The number of pyridine rings is 1. The van der Waals surface area contributed by atoms with Crippen molar-refractivity contribution in [2.24, 2.45) is 0 Å². The van der Waals surface area contributed by atoms with Crippen molar-refractivity contribution < 1.29 is 33.0 Å². The Morgan fingerprint density at radius 2 is 1.92 bits per heavy atom. The minimum Gasteiger partial charge on any atom is -0.465 e. The number of carbonyl (C=O) groups is 2. The predicted octanol–water partition coefficient (Wildman–Crippen LogP) is 5.40. The minimum atomic E-state index is -1.23. The number of imidazole rings is 1. The van der Waals surface area contributed by atoms with Crippen LogP contribution in [0.5, 0.6) is 11.5 Å². The lowest BCUT2D eigenvalue weighted by Crippen LogP contribution is -2.33. The summed E-state index contributed by atoms with van der Waals surface area (Å²) in [5.74, 6) is -2.02. The topological polar surface area (TPSA) is 105 Å². The molecule has 0 aliphatic heterocycles. The number of nitrogens with zero attached hydrogens (tertiary/aromatic N) is 3. The molecular formula is C28H26F2N4O5. The van der Waals surface area contributed by atoms with E-state index in [0.717, 1.165) is 41.0 Å². The number of benzene rings is 2. The van der Waals surface area contributed by atoms with Crippen LogP contribution in [0.1, 0.15) is 28.8 Å². The summed E-state index contributed by atoms with van der Waals surface area (Å²) in [6, 6.07) is 10.2. The molecule has 0 bridgehead atoms. The highest BCUT2D eigenvalue weighted by Gasteiger charge is 2.25. The first-order valence-electron chi connectivity index (χ1n) is 12.3. The number of hydrogen-bond donors (Lipinski definition) is 2. The van der Waals surface area contributed by atoms with Gasteiger partial charge in [-0.15, -0.1) is 0 Å². The van der Waals surface area contributed by atoms with E-state index in [2.05, 4.69) is 10.3 Å². The molecule has 202 valence electrons. The number of carboxylic acid groups (broad SMARTS) is 1. The number of rotatable bonds is 9. The van der Waals surface area contributed by atoms with Gasteiger partial charge in [0.25, 0.3) is 5.91 Å². The fourth-order valence-electron chi connectivity index (χ4n) is 4.26. The predicted molar refractivity (Wildman–Crippen MR) is 140 cm³/mol. The van der Waals surface area contributed by atoms with Crippen molar-refractivity contribution in [3.63, 3.8) is 0 Å². The van der Waals surface area contributed by atoms with Gasteiger partial charge in [0.05, 0.1) is 36.9 Å². The molecule has 1 saturated carbocycles. The number of carbonyl (C=O) groups excluding carboxylic acids is 1. The second kappa shape index (κ2) is 10.7. The smallest absolute Gasteiger partial charge is 0.412 e. The van der Waals surface area contributed by atoms with Crippen molar-refractivity contribution in [2.75, 3.05) is 25.2 Å². The molecular weight excluding hydrogens is 510 g/mol. The van der Waals surface area contributed by atoms with Crippen LogP contribution in [0.4, 0.5) is 19.3 Å². The van der Waals surface area contributed by atoms with Gasteiger partial charge < -0.3 is 19.9 Å². The zero-order chi connectivity index (χ0) is 27.7. The Kier molecular flexibility index (Phi) is 7.16. The largest absolute Gasteiger partial charge is 0.465 e. The van der Waals surface area contributed by atoms with Gasteiger partial charge in [-0.2, -0.15) is 0 Å². The number of aromatic nitrogens is 2. The molecule has 39 heavy (non-hydrogen) atoms. The number of amides is 2. The number of hydrogen-bond acceptors (Lipinski definition) is 5. The summed E-state index contributed by atoms with van der Waals surface area (Å²) >= 11 is 0. The van der Waals surface area contributed by atoms with Crippen molar-refractivity contribution in [3.05, 3.63) is 77.6 Å². The molecule has 2 N–H and O–H groups in total. The second-order valence-corrected chi connectivity index (χ2v) is 9.28. The number of halogens is 2. The summed E-state index contributed by atoms with van der Waals surface area (Å²) in [5, 5.41) is 12.9. The zero-order valence-electron chi connectivity index (χ0n) is 21.3. The Labute approximate surface area is 222 Å². The molecule has 2 heterocycles.